The summed E-state index contributed by atoms with van der Waals surface area (Å²) in [5, 5.41) is 0. The molecule has 1 aliphatic rings. The summed E-state index contributed by atoms with van der Waals surface area (Å²) in [6.45, 7) is 1.92. The monoisotopic (exact) mass is 144 g/mol. The Balaban J connectivity index is 2.67. The molecule has 1 unspecified atom stereocenters. The van der Waals surface area contributed by atoms with Gasteiger partial charge in [-0.15, -0.1) is 0 Å². The van der Waals surface area contributed by atoms with Crippen molar-refractivity contribution in [3.8, 4) is 0 Å². The Labute approximate surface area is 59.2 Å². The Kier molecular flexibility index (Phi) is 2.20. The van der Waals surface area contributed by atoms with Crippen molar-refractivity contribution in [1.29, 1.82) is 0 Å². The summed E-state index contributed by atoms with van der Waals surface area (Å²) < 4.78 is 24.9. The zero-order valence-corrected chi connectivity index (χ0v) is 5.90. The molecule has 0 N–H and O–H groups in total. The van der Waals surface area contributed by atoms with Crippen LogP contribution in [0.3, 0.4) is 0 Å². The number of hydrogen-bond donors (Lipinski definition) is 0. The zero-order chi connectivity index (χ0) is 7.56. The highest BCUT2D eigenvalue weighted by atomic mass is 19.1. The molecule has 0 aromatic rings. The quantitative estimate of drug-likeness (QED) is 0.530. The minimum absolute atomic E-state index is 0.0602. The number of rotatable bonds is 1. The Bertz CT molecular complexity index is 180. The average Bonchev–Trinajstić information content (AvgIpc) is 1.85. The molecule has 0 fully saturated rings. The van der Waals surface area contributed by atoms with Crippen molar-refractivity contribution >= 4 is 0 Å². The van der Waals surface area contributed by atoms with Crippen LogP contribution in [0.4, 0.5) is 8.78 Å². The second-order valence-corrected chi connectivity index (χ2v) is 2.52. The first-order valence-corrected chi connectivity index (χ1v) is 3.45. The molecule has 0 radical (unpaired) electrons. The molecule has 0 bridgehead atoms. The van der Waals surface area contributed by atoms with Crippen LogP contribution in [-0.2, 0) is 0 Å². The van der Waals surface area contributed by atoms with E-state index in [0.717, 1.165) is 12.5 Å². The van der Waals surface area contributed by atoms with Gasteiger partial charge >= 0.3 is 0 Å². The molecule has 0 aromatic heterocycles. The summed E-state index contributed by atoms with van der Waals surface area (Å²) in [4.78, 5) is 0. The highest BCUT2D eigenvalue weighted by Crippen LogP contribution is 2.25. The van der Waals surface area contributed by atoms with Gasteiger partial charge in [0.15, 0.2) is 0 Å². The molecule has 2 heteroatoms. The average molecular weight is 144 g/mol. The molecule has 1 aliphatic carbocycles. The van der Waals surface area contributed by atoms with Gasteiger partial charge in [0.1, 0.15) is 11.7 Å². The van der Waals surface area contributed by atoms with Crippen LogP contribution in [0.2, 0.25) is 0 Å². The van der Waals surface area contributed by atoms with E-state index in [0.29, 0.717) is 6.42 Å². The summed E-state index contributed by atoms with van der Waals surface area (Å²) in [5.41, 5.74) is 0. The Morgan fingerprint density at radius 3 is 2.80 bits per heavy atom. The predicted octanol–water partition coefficient (Wildman–Crippen LogP) is 3.12. The van der Waals surface area contributed by atoms with E-state index in [1.54, 1.807) is 0 Å². The van der Waals surface area contributed by atoms with Gasteiger partial charge in [-0.1, -0.05) is 6.92 Å². The number of allylic oxidation sites excluding steroid dienone is 4. The molecule has 1 rings (SSSR count). The first-order chi connectivity index (χ1) is 4.72. The summed E-state index contributed by atoms with van der Waals surface area (Å²) in [6.07, 6.45) is 3.59. The molecule has 0 aromatic carbocycles. The molecule has 0 heterocycles. The van der Waals surface area contributed by atoms with Crippen LogP contribution in [0.15, 0.2) is 23.8 Å². The van der Waals surface area contributed by atoms with Gasteiger partial charge in [0.05, 0.1) is 0 Å². The summed E-state index contributed by atoms with van der Waals surface area (Å²) in [5.74, 6) is -0.715. The molecule has 0 saturated heterocycles. The normalized spacial score (nSPS) is 25.7. The van der Waals surface area contributed by atoms with Gasteiger partial charge in [-0.05, 0) is 18.4 Å². The maximum atomic E-state index is 12.5. The van der Waals surface area contributed by atoms with E-state index >= 15 is 0 Å². The Morgan fingerprint density at radius 1 is 1.60 bits per heavy atom. The fourth-order valence-corrected chi connectivity index (χ4v) is 1.05. The third-order valence-corrected chi connectivity index (χ3v) is 1.67. The molecule has 0 saturated carbocycles. The fourth-order valence-electron chi connectivity index (χ4n) is 1.05. The molecule has 56 valence electrons. The van der Waals surface area contributed by atoms with E-state index in [4.69, 9.17) is 0 Å². The lowest BCUT2D eigenvalue weighted by molar-refractivity contribution is 0.481. The highest BCUT2D eigenvalue weighted by Gasteiger charge is 2.12. The lowest BCUT2D eigenvalue weighted by atomic mass is 9.97. The van der Waals surface area contributed by atoms with Crippen LogP contribution in [0, 0.1) is 5.92 Å². The van der Waals surface area contributed by atoms with Crippen LogP contribution in [0.25, 0.3) is 0 Å². The van der Waals surface area contributed by atoms with Crippen LogP contribution in [-0.4, -0.2) is 0 Å². The fraction of sp³-hybridized carbons (Fsp3) is 0.500. The minimum atomic E-state index is -0.435. The number of halogens is 2. The summed E-state index contributed by atoms with van der Waals surface area (Å²) in [6, 6.07) is 0. The van der Waals surface area contributed by atoms with Gasteiger partial charge in [0, 0.05) is 12.5 Å². The Hall–Kier alpha value is -0.660. The van der Waals surface area contributed by atoms with Gasteiger partial charge < -0.3 is 0 Å². The summed E-state index contributed by atoms with van der Waals surface area (Å²) in [7, 11) is 0. The van der Waals surface area contributed by atoms with Crippen molar-refractivity contribution < 1.29 is 8.78 Å². The van der Waals surface area contributed by atoms with Crippen molar-refractivity contribution in [3.63, 3.8) is 0 Å². The van der Waals surface area contributed by atoms with Crippen LogP contribution < -0.4 is 0 Å². The maximum absolute atomic E-state index is 12.5. The predicted molar refractivity (Wildman–Crippen MR) is 36.8 cm³/mol. The van der Waals surface area contributed by atoms with Crippen LogP contribution in [0.1, 0.15) is 19.8 Å². The van der Waals surface area contributed by atoms with E-state index in [1.807, 2.05) is 6.92 Å². The van der Waals surface area contributed by atoms with Gasteiger partial charge in [0.2, 0.25) is 0 Å². The molecule has 10 heavy (non-hydrogen) atoms. The molecular weight excluding hydrogens is 134 g/mol. The van der Waals surface area contributed by atoms with Crippen molar-refractivity contribution in [2.45, 2.75) is 19.8 Å². The van der Waals surface area contributed by atoms with Gasteiger partial charge in [0.25, 0.3) is 0 Å². The zero-order valence-electron chi connectivity index (χ0n) is 5.90. The van der Waals surface area contributed by atoms with E-state index in [9.17, 15) is 8.78 Å². The highest BCUT2D eigenvalue weighted by molar-refractivity contribution is 5.20. The summed E-state index contributed by atoms with van der Waals surface area (Å²) >= 11 is 0. The molecular formula is C8H10F2. The van der Waals surface area contributed by atoms with Crippen LogP contribution in [0.5, 0.6) is 0 Å². The molecule has 0 nitrogen and oxygen atoms in total. The largest absolute Gasteiger partial charge is 0.212 e. The SMILES string of the molecule is CCC1C=C(F)C=C(F)C1. The van der Waals surface area contributed by atoms with Gasteiger partial charge in [-0.2, -0.15) is 0 Å². The van der Waals surface area contributed by atoms with E-state index in [-0.39, 0.29) is 11.7 Å². The molecule has 0 spiro atoms. The molecule has 0 amide bonds. The van der Waals surface area contributed by atoms with Gasteiger partial charge in [-0.3, -0.25) is 0 Å². The minimum Gasteiger partial charge on any atom is -0.212 e. The maximum Gasteiger partial charge on any atom is 0.122 e. The topological polar surface area (TPSA) is 0 Å². The van der Waals surface area contributed by atoms with E-state index < -0.39 is 5.83 Å². The first-order valence-electron chi connectivity index (χ1n) is 3.45. The van der Waals surface area contributed by atoms with E-state index in [2.05, 4.69) is 0 Å². The van der Waals surface area contributed by atoms with Crippen LogP contribution >= 0.6 is 0 Å². The molecule has 0 aliphatic heterocycles. The smallest absolute Gasteiger partial charge is 0.122 e. The third kappa shape index (κ3) is 1.66. The number of hydrogen-bond acceptors (Lipinski definition) is 0. The van der Waals surface area contributed by atoms with Crippen molar-refractivity contribution in [2.24, 2.45) is 5.92 Å². The Morgan fingerprint density at radius 2 is 2.30 bits per heavy atom. The standard InChI is InChI=1S/C8H10F2/c1-2-6-3-7(9)5-8(10)4-6/h3,5-6H,2,4H2,1H3. The molecule has 1 atom stereocenters. The van der Waals surface area contributed by atoms with Crippen molar-refractivity contribution in [1.82, 2.24) is 0 Å². The second-order valence-electron chi connectivity index (χ2n) is 2.52. The lowest BCUT2D eigenvalue weighted by Crippen LogP contribution is -1.99. The third-order valence-electron chi connectivity index (χ3n) is 1.67. The first kappa shape index (κ1) is 7.45. The van der Waals surface area contributed by atoms with E-state index in [1.165, 1.54) is 6.08 Å². The second kappa shape index (κ2) is 2.95. The van der Waals surface area contributed by atoms with Crippen molar-refractivity contribution in [2.75, 3.05) is 0 Å². The lowest BCUT2D eigenvalue weighted by Gasteiger charge is -2.11. The van der Waals surface area contributed by atoms with Gasteiger partial charge in [-0.25, -0.2) is 8.78 Å². The van der Waals surface area contributed by atoms with Crippen molar-refractivity contribution in [3.05, 3.63) is 23.8 Å².